The highest BCUT2D eigenvalue weighted by Gasteiger charge is 2.15. The van der Waals surface area contributed by atoms with Crippen molar-refractivity contribution in [3.8, 4) is 11.1 Å². The quantitative estimate of drug-likeness (QED) is 0.289. The molecule has 27 heavy (non-hydrogen) atoms. The van der Waals surface area contributed by atoms with Crippen LogP contribution in [0.1, 0.15) is 0 Å². The molecule has 2 aromatic heterocycles. The summed E-state index contributed by atoms with van der Waals surface area (Å²) in [4.78, 5) is 0. The van der Waals surface area contributed by atoms with Gasteiger partial charge in [0.1, 0.15) is 17.0 Å². The van der Waals surface area contributed by atoms with Gasteiger partial charge in [-0.3, -0.25) is 0 Å². The standard InChI is InChI=1S/C24H13FOS/c25-16-5-3-4-14(12-16)15-8-9-18-22(13-15)27-21-11-10-20-23(24(18)21)17-6-1-2-7-19(17)26-20/h1-13H. The van der Waals surface area contributed by atoms with E-state index in [2.05, 4.69) is 36.4 Å². The topological polar surface area (TPSA) is 13.1 Å². The van der Waals surface area contributed by atoms with Gasteiger partial charge in [0.2, 0.25) is 0 Å². The fourth-order valence-corrected chi connectivity index (χ4v) is 5.08. The van der Waals surface area contributed by atoms with Crippen LogP contribution >= 0.6 is 11.3 Å². The Morgan fingerprint density at radius 3 is 2.44 bits per heavy atom. The second-order valence-electron chi connectivity index (χ2n) is 6.73. The highest BCUT2D eigenvalue weighted by atomic mass is 32.1. The van der Waals surface area contributed by atoms with Gasteiger partial charge in [-0.1, -0.05) is 42.5 Å². The van der Waals surface area contributed by atoms with Gasteiger partial charge in [-0.05, 0) is 47.5 Å². The van der Waals surface area contributed by atoms with Crippen LogP contribution in [0, 0.1) is 5.82 Å². The predicted molar refractivity (Wildman–Crippen MR) is 112 cm³/mol. The van der Waals surface area contributed by atoms with Crippen molar-refractivity contribution in [1.29, 1.82) is 0 Å². The minimum atomic E-state index is -0.212. The van der Waals surface area contributed by atoms with E-state index >= 15 is 0 Å². The third-order valence-corrected chi connectivity index (χ3v) is 6.25. The summed E-state index contributed by atoms with van der Waals surface area (Å²) < 4.78 is 22.1. The highest BCUT2D eigenvalue weighted by Crippen LogP contribution is 2.43. The Balaban J connectivity index is 1.70. The average Bonchev–Trinajstić information content (AvgIpc) is 3.24. The second-order valence-corrected chi connectivity index (χ2v) is 7.82. The molecule has 2 heterocycles. The molecule has 0 aliphatic heterocycles. The summed E-state index contributed by atoms with van der Waals surface area (Å²) in [5.41, 5.74) is 3.75. The van der Waals surface area contributed by atoms with Crippen LogP contribution in [0.5, 0.6) is 0 Å². The number of thiophene rings is 1. The van der Waals surface area contributed by atoms with Crippen molar-refractivity contribution in [2.24, 2.45) is 0 Å². The van der Waals surface area contributed by atoms with Crippen molar-refractivity contribution < 1.29 is 8.81 Å². The Morgan fingerprint density at radius 2 is 1.52 bits per heavy atom. The lowest BCUT2D eigenvalue weighted by molar-refractivity contribution is 0.628. The second kappa shape index (κ2) is 5.41. The molecule has 6 aromatic rings. The van der Waals surface area contributed by atoms with Crippen molar-refractivity contribution in [3.63, 3.8) is 0 Å². The van der Waals surface area contributed by atoms with Gasteiger partial charge in [-0.15, -0.1) is 11.3 Å². The van der Waals surface area contributed by atoms with Crippen molar-refractivity contribution >= 4 is 53.4 Å². The van der Waals surface area contributed by atoms with Gasteiger partial charge in [-0.2, -0.15) is 0 Å². The molecular weight excluding hydrogens is 355 g/mol. The van der Waals surface area contributed by atoms with Crippen LogP contribution < -0.4 is 0 Å². The van der Waals surface area contributed by atoms with E-state index in [0.717, 1.165) is 27.7 Å². The van der Waals surface area contributed by atoms with E-state index in [4.69, 9.17) is 4.42 Å². The van der Waals surface area contributed by atoms with E-state index in [9.17, 15) is 4.39 Å². The lowest BCUT2D eigenvalue weighted by Crippen LogP contribution is -1.79. The Labute approximate surface area is 158 Å². The monoisotopic (exact) mass is 368 g/mol. The first-order valence-electron chi connectivity index (χ1n) is 8.80. The molecule has 0 saturated heterocycles. The third kappa shape index (κ3) is 2.15. The molecule has 0 amide bonds. The van der Waals surface area contributed by atoms with E-state index in [-0.39, 0.29) is 5.82 Å². The molecule has 0 saturated carbocycles. The number of hydrogen-bond donors (Lipinski definition) is 0. The zero-order valence-corrected chi connectivity index (χ0v) is 15.0. The van der Waals surface area contributed by atoms with Crippen molar-refractivity contribution in [2.75, 3.05) is 0 Å². The maximum Gasteiger partial charge on any atom is 0.136 e. The molecule has 0 atom stereocenters. The van der Waals surface area contributed by atoms with Gasteiger partial charge in [0.05, 0.1) is 0 Å². The third-order valence-electron chi connectivity index (χ3n) is 5.13. The molecule has 0 spiro atoms. The number of para-hydroxylation sites is 1. The van der Waals surface area contributed by atoms with E-state index in [1.807, 2.05) is 24.3 Å². The molecule has 0 aliphatic carbocycles. The zero-order valence-electron chi connectivity index (χ0n) is 14.2. The Bertz CT molecular complexity index is 1490. The first-order valence-corrected chi connectivity index (χ1v) is 9.62. The summed E-state index contributed by atoms with van der Waals surface area (Å²) in [7, 11) is 0. The van der Waals surface area contributed by atoms with E-state index in [1.54, 1.807) is 23.5 Å². The van der Waals surface area contributed by atoms with Crippen LogP contribution in [0.2, 0.25) is 0 Å². The Hall–Kier alpha value is -3.17. The van der Waals surface area contributed by atoms with Crippen LogP contribution in [0.15, 0.2) is 83.3 Å². The van der Waals surface area contributed by atoms with Crippen molar-refractivity contribution in [1.82, 2.24) is 0 Å². The van der Waals surface area contributed by atoms with Crippen LogP contribution in [-0.4, -0.2) is 0 Å². The SMILES string of the molecule is Fc1cccc(-c2ccc3c(c2)sc2ccc4oc5ccccc5c4c23)c1. The van der Waals surface area contributed by atoms with E-state index in [0.29, 0.717) is 0 Å². The number of hydrogen-bond acceptors (Lipinski definition) is 2. The molecular formula is C24H13FOS. The summed E-state index contributed by atoms with van der Waals surface area (Å²) in [6, 6.07) is 25.5. The zero-order chi connectivity index (χ0) is 18.0. The van der Waals surface area contributed by atoms with Gasteiger partial charge in [0.15, 0.2) is 0 Å². The molecule has 1 nitrogen and oxygen atoms in total. The summed E-state index contributed by atoms with van der Waals surface area (Å²) in [6.45, 7) is 0. The van der Waals surface area contributed by atoms with Crippen LogP contribution in [0.25, 0.3) is 53.2 Å². The maximum atomic E-state index is 13.6. The normalized spacial score (nSPS) is 11.9. The number of rotatable bonds is 1. The van der Waals surface area contributed by atoms with Crippen LogP contribution in [0.4, 0.5) is 4.39 Å². The molecule has 0 fully saturated rings. The summed E-state index contributed by atoms with van der Waals surface area (Å²) in [6.07, 6.45) is 0. The lowest BCUT2D eigenvalue weighted by atomic mass is 10.0. The van der Waals surface area contributed by atoms with Gasteiger partial charge >= 0.3 is 0 Å². The van der Waals surface area contributed by atoms with Gasteiger partial charge in [-0.25, -0.2) is 4.39 Å². The van der Waals surface area contributed by atoms with E-state index in [1.165, 1.54) is 31.6 Å². The average molecular weight is 368 g/mol. The van der Waals surface area contributed by atoms with E-state index < -0.39 is 0 Å². The number of halogens is 1. The maximum absolute atomic E-state index is 13.6. The molecule has 6 rings (SSSR count). The highest BCUT2D eigenvalue weighted by molar-refractivity contribution is 7.26. The first-order chi connectivity index (χ1) is 13.3. The molecule has 0 radical (unpaired) electrons. The molecule has 0 N–H and O–H groups in total. The van der Waals surface area contributed by atoms with Crippen LogP contribution in [0.3, 0.4) is 0 Å². The summed E-state index contributed by atoms with van der Waals surface area (Å²) in [5.74, 6) is -0.212. The molecule has 3 heteroatoms. The Morgan fingerprint density at radius 1 is 0.630 bits per heavy atom. The smallest absolute Gasteiger partial charge is 0.136 e. The Kier molecular flexibility index (Phi) is 3.00. The predicted octanol–water partition coefficient (Wildman–Crippen LogP) is 7.76. The fourth-order valence-electron chi connectivity index (χ4n) is 3.93. The largest absolute Gasteiger partial charge is 0.456 e. The minimum absolute atomic E-state index is 0.212. The van der Waals surface area contributed by atoms with Gasteiger partial charge < -0.3 is 4.42 Å². The molecule has 4 aromatic carbocycles. The fraction of sp³-hybridized carbons (Fsp3) is 0. The van der Waals surface area contributed by atoms with Crippen molar-refractivity contribution in [3.05, 3.63) is 84.7 Å². The first kappa shape index (κ1) is 14.9. The summed E-state index contributed by atoms with van der Waals surface area (Å²) >= 11 is 1.77. The van der Waals surface area contributed by atoms with Crippen LogP contribution in [-0.2, 0) is 0 Å². The number of furan rings is 1. The van der Waals surface area contributed by atoms with Crippen molar-refractivity contribution in [2.45, 2.75) is 0 Å². The molecule has 0 aliphatic rings. The summed E-state index contributed by atoms with van der Waals surface area (Å²) in [5, 5.41) is 4.77. The van der Waals surface area contributed by atoms with Gasteiger partial charge in [0, 0.05) is 30.9 Å². The number of benzene rings is 4. The lowest BCUT2D eigenvalue weighted by Gasteiger charge is -2.02. The molecule has 0 bridgehead atoms. The molecule has 0 unspecified atom stereocenters. The number of fused-ring (bicyclic) bond motifs is 7. The molecule has 128 valence electrons. The minimum Gasteiger partial charge on any atom is -0.456 e. The van der Waals surface area contributed by atoms with Gasteiger partial charge in [0.25, 0.3) is 0 Å².